The van der Waals surface area contributed by atoms with Crippen LogP contribution >= 0.6 is 0 Å². The van der Waals surface area contributed by atoms with Gasteiger partial charge in [0.15, 0.2) is 5.76 Å². The molecular weight excluding hydrogens is 356 g/mol. The zero-order valence-corrected chi connectivity index (χ0v) is 15.6. The predicted octanol–water partition coefficient (Wildman–Crippen LogP) is 2.67. The smallest absolute Gasteiger partial charge is 0.228 e. The fraction of sp³-hybridized carbons (Fsp3) is 0.381. The highest BCUT2D eigenvalue weighted by molar-refractivity contribution is 5.78. The van der Waals surface area contributed by atoms with Gasteiger partial charge in [-0.05, 0) is 37.1 Å². The van der Waals surface area contributed by atoms with Crippen LogP contribution in [0.15, 0.2) is 53.4 Å². The van der Waals surface area contributed by atoms with Crippen LogP contribution in [-0.2, 0) is 29.1 Å². The molecule has 2 aliphatic heterocycles. The lowest BCUT2D eigenvalue weighted by atomic mass is 9.89. The number of likely N-dealkylation sites (tertiary alicyclic amines) is 1. The highest BCUT2D eigenvalue weighted by Crippen LogP contribution is 2.35. The van der Waals surface area contributed by atoms with Crippen molar-refractivity contribution in [1.82, 2.24) is 19.4 Å². The highest BCUT2D eigenvalue weighted by Gasteiger charge is 2.41. The van der Waals surface area contributed by atoms with Gasteiger partial charge in [-0.3, -0.25) is 9.78 Å². The van der Waals surface area contributed by atoms with Crippen LogP contribution in [0.5, 0.6) is 0 Å². The molecule has 0 unspecified atom stereocenters. The first-order chi connectivity index (χ1) is 13.7. The van der Waals surface area contributed by atoms with Gasteiger partial charge in [0, 0.05) is 25.0 Å². The van der Waals surface area contributed by atoms with E-state index in [4.69, 9.17) is 9.15 Å². The summed E-state index contributed by atoms with van der Waals surface area (Å²) >= 11 is 0. The molecule has 5 rings (SSSR count). The summed E-state index contributed by atoms with van der Waals surface area (Å²) in [6.07, 6.45) is 7.23. The lowest BCUT2D eigenvalue weighted by molar-refractivity contribution is -0.145. The molecule has 0 atom stereocenters. The third-order valence-electron chi connectivity index (χ3n) is 5.75. The van der Waals surface area contributed by atoms with Crippen molar-refractivity contribution in [3.05, 3.63) is 60.5 Å². The number of pyridine rings is 1. The van der Waals surface area contributed by atoms with Crippen LogP contribution in [0.25, 0.3) is 11.5 Å². The Kier molecular flexibility index (Phi) is 4.24. The van der Waals surface area contributed by atoms with E-state index < -0.39 is 0 Å². The first-order valence-corrected chi connectivity index (χ1v) is 9.62. The molecule has 0 radical (unpaired) electrons. The van der Waals surface area contributed by atoms with Crippen LogP contribution in [0, 0.1) is 0 Å². The molecule has 2 aliphatic rings. The number of ether oxygens (including phenoxy) is 1. The van der Waals surface area contributed by atoms with Gasteiger partial charge in [0.2, 0.25) is 5.91 Å². The van der Waals surface area contributed by atoms with Gasteiger partial charge in [-0.1, -0.05) is 6.07 Å². The van der Waals surface area contributed by atoms with Crippen molar-refractivity contribution in [2.75, 3.05) is 13.1 Å². The van der Waals surface area contributed by atoms with E-state index in [9.17, 15) is 4.79 Å². The molecule has 5 heterocycles. The van der Waals surface area contributed by atoms with Crippen molar-refractivity contribution < 1.29 is 13.9 Å². The maximum atomic E-state index is 12.6. The quantitative estimate of drug-likeness (QED) is 0.701. The minimum atomic E-state index is -0.253. The summed E-state index contributed by atoms with van der Waals surface area (Å²) in [7, 11) is 0. The van der Waals surface area contributed by atoms with Gasteiger partial charge in [-0.25, -0.2) is 4.98 Å². The Labute approximate surface area is 163 Å². The first-order valence-electron chi connectivity index (χ1n) is 9.62. The summed E-state index contributed by atoms with van der Waals surface area (Å²) in [5, 5.41) is 0. The topological polar surface area (TPSA) is 73.4 Å². The molecule has 1 spiro atoms. The van der Waals surface area contributed by atoms with E-state index in [1.165, 1.54) is 0 Å². The van der Waals surface area contributed by atoms with Crippen molar-refractivity contribution in [3.8, 4) is 11.5 Å². The number of hydrogen-bond donors (Lipinski definition) is 0. The van der Waals surface area contributed by atoms with E-state index in [0.717, 1.165) is 42.4 Å². The number of hydrogen-bond acceptors (Lipinski definition) is 5. The SMILES string of the molecule is O=C(Cc1ccccn1)N1CCC2(CC1)Cn1c(-c3ccco3)cnc1CO2. The van der Waals surface area contributed by atoms with E-state index in [2.05, 4.69) is 14.5 Å². The number of carbonyl (C=O) groups is 1. The monoisotopic (exact) mass is 378 g/mol. The number of piperidine rings is 1. The molecule has 0 aromatic carbocycles. The summed E-state index contributed by atoms with van der Waals surface area (Å²) in [5.74, 6) is 1.87. The largest absolute Gasteiger partial charge is 0.463 e. The second-order valence-corrected chi connectivity index (χ2v) is 7.47. The Balaban J connectivity index is 1.27. The van der Waals surface area contributed by atoms with E-state index in [1.807, 2.05) is 41.4 Å². The molecule has 0 saturated carbocycles. The van der Waals surface area contributed by atoms with Crippen LogP contribution < -0.4 is 0 Å². The molecule has 0 aliphatic carbocycles. The molecule has 3 aromatic heterocycles. The minimum absolute atomic E-state index is 0.129. The summed E-state index contributed by atoms with van der Waals surface area (Å²) in [4.78, 5) is 23.3. The van der Waals surface area contributed by atoms with Crippen LogP contribution in [0.4, 0.5) is 0 Å². The molecule has 7 nitrogen and oxygen atoms in total. The van der Waals surface area contributed by atoms with E-state index in [-0.39, 0.29) is 11.5 Å². The number of amides is 1. The van der Waals surface area contributed by atoms with Gasteiger partial charge >= 0.3 is 0 Å². The summed E-state index contributed by atoms with van der Waals surface area (Å²) < 4.78 is 14.0. The second kappa shape index (κ2) is 6.91. The molecule has 3 aromatic rings. The van der Waals surface area contributed by atoms with Crippen LogP contribution in [0.3, 0.4) is 0 Å². The standard InChI is InChI=1S/C21H22N4O3/c26-20(12-16-4-1-2-8-22-16)24-9-6-21(7-10-24)15-25-17(18-5-3-11-27-18)13-23-19(25)14-28-21/h1-5,8,11,13H,6-7,9-10,12,14-15H2. The van der Waals surface area contributed by atoms with Gasteiger partial charge in [-0.15, -0.1) is 0 Å². The Bertz CT molecular complexity index is 957. The Hall–Kier alpha value is -2.93. The molecular formula is C21H22N4O3. The van der Waals surface area contributed by atoms with Crippen molar-refractivity contribution in [2.45, 2.75) is 38.0 Å². The zero-order valence-electron chi connectivity index (χ0n) is 15.6. The molecule has 0 N–H and O–H groups in total. The number of carbonyl (C=O) groups excluding carboxylic acids is 1. The number of nitrogens with zero attached hydrogens (tertiary/aromatic N) is 4. The van der Waals surface area contributed by atoms with Gasteiger partial charge in [0.1, 0.15) is 18.1 Å². The number of furan rings is 1. The highest BCUT2D eigenvalue weighted by atomic mass is 16.5. The van der Waals surface area contributed by atoms with Gasteiger partial charge < -0.3 is 18.6 Å². The predicted molar refractivity (Wildman–Crippen MR) is 101 cm³/mol. The van der Waals surface area contributed by atoms with E-state index in [1.54, 1.807) is 12.5 Å². The minimum Gasteiger partial charge on any atom is -0.463 e. The Morgan fingerprint density at radius 1 is 1.14 bits per heavy atom. The fourth-order valence-corrected chi connectivity index (χ4v) is 4.11. The molecule has 1 fully saturated rings. The third kappa shape index (κ3) is 3.11. The number of fused-ring (bicyclic) bond motifs is 1. The van der Waals surface area contributed by atoms with Crippen molar-refractivity contribution in [1.29, 1.82) is 0 Å². The molecule has 0 bridgehead atoms. The third-order valence-corrected chi connectivity index (χ3v) is 5.75. The van der Waals surface area contributed by atoms with Gasteiger partial charge in [0.25, 0.3) is 0 Å². The molecule has 1 saturated heterocycles. The zero-order chi connectivity index (χ0) is 19.0. The normalized spacial score (nSPS) is 18.2. The average molecular weight is 378 g/mol. The summed E-state index contributed by atoms with van der Waals surface area (Å²) in [5.41, 5.74) is 1.54. The average Bonchev–Trinajstić information content (AvgIpc) is 3.38. The van der Waals surface area contributed by atoms with Gasteiger partial charge in [-0.2, -0.15) is 0 Å². The maximum Gasteiger partial charge on any atom is 0.228 e. The van der Waals surface area contributed by atoms with E-state index >= 15 is 0 Å². The second-order valence-electron chi connectivity index (χ2n) is 7.47. The first kappa shape index (κ1) is 17.2. The lowest BCUT2D eigenvalue weighted by Crippen LogP contribution is -2.52. The van der Waals surface area contributed by atoms with Crippen molar-refractivity contribution in [2.24, 2.45) is 0 Å². The van der Waals surface area contributed by atoms with Crippen molar-refractivity contribution >= 4 is 5.91 Å². The fourth-order valence-electron chi connectivity index (χ4n) is 4.11. The molecule has 1 amide bonds. The van der Waals surface area contributed by atoms with Crippen LogP contribution in [0.1, 0.15) is 24.4 Å². The Morgan fingerprint density at radius 2 is 2.04 bits per heavy atom. The van der Waals surface area contributed by atoms with Crippen molar-refractivity contribution in [3.63, 3.8) is 0 Å². The molecule has 144 valence electrons. The molecule has 28 heavy (non-hydrogen) atoms. The molecule has 7 heteroatoms. The number of rotatable bonds is 3. The Morgan fingerprint density at radius 3 is 2.79 bits per heavy atom. The van der Waals surface area contributed by atoms with E-state index in [0.29, 0.717) is 26.1 Å². The number of aromatic nitrogens is 3. The van der Waals surface area contributed by atoms with Gasteiger partial charge in [0.05, 0.1) is 31.0 Å². The van der Waals surface area contributed by atoms with Crippen LogP contribution in [0.2, 0.25) is 0 Å². The maximum absolute atomic E-state index is 12.6. The van der Waals surface area contributed by atoms with Crippen LogP contribution in [-0.4, -0.2) is 44.0 Å². The number of imidazole rings is 1. The summed E-state index contributed by atoms with van der Waals surface area (Å²) in [6.45, 7) is 2.63. The summed E-state index contributed by atoms with van der Waals surface area (Å²) in [6, 6.07) is 9.50. The lowest BCUT2D eigenvalue weighted by Gasteiger charge is -2.44.